The van der Waals surface area contributed by atoms with Crippen molar-refractivity contribution in [3.63, 3.8) is 0 Å². The summed E-state index contributed by atoms with van der Waals surface area (Å²) in [5.41, 5.74) is 0.999. The molecule has 0 spiro atoms. The average Bonchev–Trinajstić information content (AvgIpc) is 3.01. The number of hydrogen-bond donors (Lipinski definition) is 1. The van der Waals surface area contributed by atoms with Gasteiger partial charge in [0.1, 0.15) is 0 Å². The van der Waals surface area contributed by atoms with Gasteiger partial charge in [-0.2, -0.15) is 0 Å². The molecule has 1 N–H and O–H groups in total. The number of para-hydroxylation sites is 1. The highest BCUT2D eigenvalue weighted by Crippen LogP contribution is 2.23. The zero-order valence-electron chi connectivity index (χ0n) is 12.1. The molecule has 4 nitrogen and oxygen atoms in total. The van der Waals surface area contributed by atoms with E-state index in [0.717, 1.165) is 24.9 Å². The Morgan fingerprint density at radius 1 is 1.29 bits per heavy atom. The van der Waals surface area contributed by atoms with Gasteiger partial charge in [0.15, 0.2) is 0 Å². The summed E-state index contributed by atoms with van der Waals surface area (Å²) in [6.45, 7) is 2.91. The zero-order valence-corrected chi connectivity index (χ0v) is 12.9. The van der Waals surface area contributed by atoms with E-state index < -0.39 is 0 Å². The molecule has 0 radical (unpaired) electrons. The van der Waals surface area contributed by atoms with Crippen LogP contribution in [0.25, 0.3) is 0 Å². The van der Waals surface area contributed by atoms with Crippen LogP contribution in [0.15, 0.2) is 41.8 Å². The van der Waals surface area contributed by atoms with Crippen molar-refractivity contribution in [2.75, 3.05) is 6.54 Å². The SMILES string of the molecule is CCCC(NCCc1ccccc1[N+](=O)[O-])c1cccs1. The van der Waals surface area contributed by atoms with E-state index in [1.165, 1.54) is 4.88 Å². The number of benzene rings is 1. The van der Waals surface area contributed by atoms with E-state index >= 15 is 0 Å². The van der Waals surface area contributed by atoms with Gasteiger partial charge >= 0.3 is 0 Å². The molecule has 1 aromatic carbocycles. The lowest BCUT2D eigenvalue weighted by Crippen LogP contribution is -2.23. The van der Waals surface area contributed by atoms with Gasteiger partial charge in [-0.25, -0.2) is 0 Å². The molecule has 112 valence electrons. The maximum absolute atomic E-state index is 11.0. The first-order valence-corrected chi connectivity index (χ1v) is 8.09. The second-order valence-electron chi connectivity index (χ2n) is 4.95. The quantitative estimate of drug-likeness (QED) is 0.583. The summed E-state index contributed by atoms with van der Waals surface area (Å²) in [6, 6.07) is 11.5. The lowest BCUT2D eigenvalue weighted by atomic mass is 10.1. The highest BCUT2D eigenvalue weighted by Gasteiger charge is 2.14. The molecule has 0 fully saturated rings. The van der Waals surface area contributed by atoms with Crippen LogP contribution < -0.4 is 5.32 Å². The summed E-state index contributed by atoms with van der Waals surface area (Å²) < 4.78 is 0. The highest BCUT2D eigenvalue weighted by molar-refractivity contribution is 7.10. The van der Waals surface area contributed by atoms with Gasteiger partial charge in [0.05, 0.1) is 4.92 Å². The van der Waals surface area contributed by atoms with Crippen LogP contribution in [0.3, 0.4) is 0 Å². The smallest absolute Gasteiger partial charge is 0.272 e. The maximum Gasteiger partial charge on any atom is 0.272 e. The van der Waals surface area contributed by atoms with Crippen LogP contribution in [-0.2, 0) is 6.42 Å². The monoisotopic (exact) mass is 304 g/mol. The third-order valence-corrected chi connectivity index (χ3v) is 4.42. The van der Waals surface area contributed by atoms with E-state index in [9.17, 15) is 10.1 Å². The molecule has 5 heteroatoms. The Hall–Kier alpha value is -1.72. The topological polar surface area (TPSA) is 55.2 Å². The molecule has 1 atom stereocenters. The fourth-order valence-electron chi connectivity index (χ4n) is 2.40. The summed E-state index contributed by atoms with van der Waals surface area (Å²) >= 11 is 1.75. The summed E-state index contributed by atoms with van der Waals surface area (Å²) in [5.74, 6) is 0. The van der Waals surface area contributed by atoms with Crippen LogP contribution in [-0.4, -0.2) is 11.5 Å². The van der Waals surface area contributed by atoms with Crippen LogP contribution in [0.1, 0.15) is 36.2 Å². The number of thiophene rings is 1. The van der Waals surface area contributed by atoms with Crippen molar-refractivity contribution in [3.8, 4) is 0 Å². The molecule has 21 heavy (non-hydrogen) atoms. The normalized spacial score (nSPS) is 12.2. The molecular weight excluding hydrogens is 284 g/mol. The highest BCUT2D eigenvalue weighted by atomic mass is 32.1. The number of nitro groups is 1. The minimum absolute atomic E-state index is 0.211. The number of hydrogen-bond acceptors (Lipinski definition) is 4. The second-order valence-corrected chi connectivity index (χ2v) is 5.93. The molecule has 0 aliphatic heterocycles. The number of rotatable bonds is 8. The Bertz CT molecular complexity index is 569. The predicted molar refractivity (Wildman–Crippen MR) is 86.8 cm³/mol. The van der Waals surface area contributed by atoms with Crippen LogP contribution in [0.2, 0.25) is 0 Å². The largest absolute Gasteiger partial charge is 0.309 e. The van der Waals surface area contributed by atoms with Gasteiger partial charge in [-0.15, -0.1) is 11.3 Å². The summed E-state index contributed by atoms with van der Waals surface area (Å²) in [7, 11) is 0. The van der Waals surface area contributed by atoms with Crippen LogP contribution in [0, 0.1) is 10.1 Å². The molecule has 0 aliphatic rings. The van der Waals surface area contributed by atoms with Crippen LogP contribution in [0.5, 0.6) is 0 Å². The summed E-state index contributed by atoms with van der Waals surface area (Å²) in [6.07, 6.45) is 2.86. The van der Waals surface area contributed by atoms with Crippen molar-refractivity contribution in [2.45, 2.75) is 32.2 Å². The van der Waals surface area contributed by atoms with E-state index in [4.69, 9.17) is 0 Å². The first kappa shape index (κ1) is 15.7. The zero-order chi connectivity index (χ0) is 15.1. The van der Waals surface area contributed by atoms with E-state index in [0.29, 0.717) is 12.5 Å². The molecule has 2 rings (SSSR count). The van der Waals surface area contributed by atoms with Crippen LogP contribution >= 0.6 is 11.3 Å². The molecule has 1 heterocycles. The first-order chi connectivity index (χ1) is 10.2. The van der Waals surface area contributed by atoms with E-state index in [2.05, 4.69) is 29.8 Å². The maximum atomic E-state index is 11.0. The average molecular weight is 304 g/mol. The molecule has 2 aromatic rings. The van der Waals surface area contributed by atoms with Crippen molar-refractivity contribution in [1.82, 2.24) is 5.32 Å². The van der Waals surface area contributed by atoms with Gasteiger partial charge in [-0.1, -0.05) is 37.6 Å². The van der Waals surface area contributed by atoms with Crippen molar-refractivity contribution < 1.29 is 4.92 Å². The van der Waals surface area contributed by atoms with Crippen molar-refractivity contribution in [2.24, 2.45) is 0 Å². The van der Waals surface area contributed by atoms with Crippen LogP contribution in [0.4, 0.5) is 5.69 Å². The Labute approximate surface area is 129 Å². The van der Waals surface area contributed by atoms with Gasteiger partial charge < -0.3 is 5.32 Å². The fraction of sp³-hybridized carbons (Fsp3) is 0.375. The Kier molecular flexibility index (Phi) is 5.90. The first-order valence-electron chi connectivity index (χ1n) is 7.21. The molecule has 1 unspecified atom stereocenters. The Morgan fingerprint density at radius 3 is 2.76 bits per heavy atom. The third-order valence-electron chi connectivity index (χ3n) is 3.44. The fourth-order valence-corrected chi connectivity index (χ4v) is 3.24. The Morgan fingerprint density at radius 2 is 2.10 bits per heavy atom. The standard InChI is InChI=1S/C16H20N2O2S/c1-2-6-14(16-9-5-12-21-16)17-11-10-13-7-3-4-8-15(13)18(19)20/h3-5,7-9,12,14,17H,2,6,10-11H2,1H3. The molecule has 1 aromatic heterocycles. The van der Waals surface area contributed by atoms with E-state index in [-0.39, 0.29) is 10.6 Å². The molecular formula is C16H20N2O2S. The van der Waals surface area contributed by atoms with E-state index in [1.54, 1.807) is 23.5 Å². The number of nitrogens with zero attached hydrogens (tertiary/aromatic N) is 1. The number of nitro benzene ring substituents is 1. The minimum atomic E-state index is -0.307. The lowest BCUT2D eigenvalue weighted by Gasteiger charge is -2.16. The van der Waals surface area contributed by atoms with Gasteiger partial charge in [-0.3, -0.25) is 10.1 Å². The summed E-state index contributed by atoms with van der Waals surface area (Å²) in [5, 5.41) is 16.6. The number of nitrogens with one attached hydrogen (secondary N) is 1. The van der Waals surface area contributed by atoms with Gasteiger partial charge in [0.25, 0.3) is 5.69 Å². The molecule has 0 aliphatic carbocycles. The Balaban J connectivity index is 1.95. The van der Waals surface area contributed by atoms with Crippen molar-refractivity contribution >= 4 is 17.0 Å². The predicted octanol–water partition coefficient (Wildman–Crippen LogP) is 4.33. The molecule has 0 amide bonds. The molecule has 0 bridgehead atoms. The third kappa shape index (κ3) is 4.37. The summed E-state index contributed by atoms with van der Waals surface area (Å²) in [4.78, 5) is 12.0. The molecule has 0 saturated carbocycles. The van der Waals surface area contributed by atoms with Gasteiger partial charge in [0, 0.05) is 29.1 Å². The molecule has 0 saturated heterocycles. The second kappa shape index (κ2) is 7.90. The van der Waals surface area contributed by atoms with Crippen molar-refractivity contribution in [3.05, 3.63) is 62.3 Å². The minimum Gasteiger partial charge on any atom is -0.309 e. The van der Waals surface area contributed by atoms with Crippen molar-refractivity contribution in [1.29, 1.82) is 0 Å². The van der Waals surface area contributed by atoms with E-state index in [1.807, 2.05) is 12.1 Å². The lowest BCUT2D eigenvalue weighted by molar-refractivity contribution is -0.385. The van der Waals surface area contributed by atoms with Gasteiger partial charge in [-0.05, 0) is 24.3 Å². The van der Waals surface area contributed by atoms with Gasteiger partial charge in [0.2, 0.25) is 0 Å².